The number of hydrogen-bond acceptors (Lipinski definition) is 4. The Morgan fingerprint density at radius 3 is 2.89 bits per heavy atom. The zero-order valence-electron chi connectivity index (χ0n) is 9.50. The van der Waals surface area contributed by atoms with Gasteiger partial charge in [0.2, 0.25) is 0 Å². The summed E-state index contributed by atoms with van der Waals surface area (Å²) in [6, 6.07) is 7.26. The van der Waals surface area contributed by atoms with E-state index in [2.05, 4.69) is 10.1 Å². The molecule has 0 spiro atoms. The lowest BCUT2D eigenvalue weighted by Crippen LogP contribution is -2.00. The highest BCUT2D eigenvalue weighted by atomic mass is 35.5. The largest absolute Gasteiger partial charge is 0.481 e. The van der Waals surface area contributed by atoms with Crippen LogP contribution in [0, 0.1) is 0 Å². The molecule has 0 atom stereocenters. The summed E-state index contributed by atoms with van der Waals surface area (Å²) < 4.78 is 1.55. The van der Waals surface area contributed by atoms with Crippen molar-refractivity contribution in [2.24, 2.45) is 7.05 Å². The van der Waals surface area contributed by atoms with E-state index in [4.69, 9.17) is 16.7 Å². The molecule has 2 aromatic rings. The molecular weight excluding hydrogens is 274 g/mol. The van der Waals surface area contributed by atoms with Gasteiger partial charge in [0.25, 0.3) is 0 Å². The van der Waals surface area contributed by atoms with Gasteiger partial charge in [-0.1, -0.05) is 35.5 Å². The highest BCUT2D eigenvalue weighted by molar-refractivity contribution is 7.99. The first kappa shape index (κ1) is 12.9. The number of aryl methyl sites for hydroxylation is 1. The summed E-state index contributed by atoms with van der Waals surface area (Å²) in [5.74, 6) is -0.438. The number of carboxylic acid groups (broad SMARTS) is 1. The zero-order valence-corrected chi connectivity index (χ0v) is 11.1. The minimum absolute atomic E-state index is 0.0471. The van der Waals surface area contributed by atoms with Crippen molar-refractivity contribution in [1.29, 1.82) is 0 Å². The van der Waals surface area contributed by atoms with Crippen molar-refractivity contribution < 1.29 is 9.90 Å². The number of halogens is 1. The molecule has 5 nitrogen and oxygen atoms in total. The molecule has 2 rings (SSSR count). The molecule has 1 aromatic carbocycles. The number of nitrogens with zero attached hydrogens (tertiary/aromatic N) is 3. The van der Waals surface area contributed by atoms with Crippen molar-refractivity contribution in [3.05, 3.63) is 29.3 Å². The van der Waals surface area contributed by atoms with Crippen LogP contribution in [0.2, 0.25) is 5.02 Å². The van der Waals surface area contributed by atoms with Crippen molar-refractivity contribution >= 4 is 29.3 Å². The smallest absolute Gasteiger partial charge is 0.313 e. The Balaban J connectivity index is 2.29. The van der Waals surface area contributed by atoms with Crippen LogP contribution in [0.1, 0.15) is 0 Å². The number of carbonyl (C=O) groups is 1. The van der Waals surface area contributed by atoms with E-state index in [0.717, 1.165) is 17.3 Å². The Hall–Kier alpha value is -1.53. The Morgan fingerprint density at radius 2 is 2.22 bits per heavy atom. The van der Waals surface area contributed by atoms with Crippen molar-refractivity contribution in [3.8, 4) is 11.4 Å². The fraction of sp³-hybridized carbons (Fsp3) is 0.182. The van der Waals surface area contributed by atoms with E-state index < -0.39 is 5.97 Å². The van der Waals surface area contributed by atoms with Gasteiger partial charge in [0, 0.05) is 12.6 Å². The Morgan fingerprint density at radius 1 is 1.50 bits per heavy atom. The van der Waals surface area contributed by atoms with Crippen LogP contribution in [0.25, 0.3) is 11.4 Å². The molecule has 7 heteroatoms. The lowest BCUT2D eigenvalue weighted by atomic mass is 10.2. The molecule has 0 aliphatic carbocycles. The van der Waals surface area contributed by atoms with Crippen LogP contribution in [0.4, 0.5) is 0 Å². The van der Waals surface area contributed by atoms with Crippen molar-refractivity contribution in [2.45, 2.75) is 5.16 Å². The molecule has 0 fully saturated rings. The summed E-state index contributed by atoms with van der Waals surface area (Å²) in [5.41, 5.74) is 0.733. The van der Waals surface area contributed by atoms with Gasteiger partial charge < -0.3 is 5.11 Å². The Kier molecular flexibility index (Phi) is 3.88. The first-order chi connectivity index (χ1) is 8.58. The first-order valence-electron chi connectivity index (χ1n) is 5.08. The maximum absolute atomic E-state index is 10.5. The quantitative estimate of drug-likeness (QED) is 0.872. The third-order valence-corrected chi connectivity index (χ3v) is 3.50. The van der Waals surface area contributed by atoms with Crippen molar-refractivity contribution in [2.75, 3.05) is 5.75 Å². The predicted molar refractivity (Wildman–Crippen MR) is 69.8 cm³/mol. The molecular formula is C11H10ClN3O2S. The van der Waals surface area contributed by atoms with Gasteiger partial charge in [0.1, 0.15) is 0 Å². The zero-order chi connectivity index (χ0) is 13.1. The van der Waals surface area contributed by atoms with Crippen LogP contribution in [0.3, 0.4) is 0 Å². The molecule has 1 aromatic heterocycles. The number of rotatable bonds is 4. The fourth-order valence-electron chi connectivity index (χ4n) is 1.38. The average molecular weight is 284 g/mol. The normalized spacial score (nSPS) is 10.6. The van der Waals surface area contributed by atoms with E-state index in [1.165, 1.54) is 0 Å². The molecule has 0 aliphatic heterocycles. The number of benzene rings is 1. The van der Waals surface area contributed by atoms with Crippen LogP contribution in [-0.2, 0) is 11.8 Å². The molecule has 0 aliphatic rings. The summed E-state index contributed by atoms with van der Waals surface area (Å²) >= 11 is 7.18. The van der Waals surface area contributed by atoms with E-state index in [1.807, 2.05) is 18.2 Å². The third kappa shape index (κ3) is 2.83. The topological polar surface area (TPSA) is 68.0 Å². The summed E-state index contributed by atoms with van der Waals surface area (Å²) in [6.45, 7) is 0. The summed E-state index contributed by atoms with van der Waals surface area (Å²) in [7, 11) is 1.72. The van der Waals surface area contributed by atoms with E-state index in [9.17, 15) is 4.79 Å². The molecule has 1 N–H and O–H groups in total. The Bertz CT molecular complexity index is 585. The SMILES string of the molecule is Cn1nc(-c2ccccc2Cl)nc1SCC(=O)O. The molecule has 0 amide bonds. The lowest BCUT2D eigenvalue weighted by molar-refractivity contribution is -0.133. The van der Waals surface area contributed by atoms with Crippen molar-refractivity contribution in [1.82, 2.24) is 14.8 Å². The maximum Gasteiger partial charge on any atom is 0.313 e. The molecule has 0 unspecified atom stereocenters. The minimum Gasteiger partial charge on any atom is -0.481 e. The van der Waals surface area contributed by atoms with Crippen LogP contribution >= 0.6 is 23.4 Å². The first-order valence-corrected chi connectivity index (χ1v) is 6.45. The summed E-state index contributed by atoms with van der Waals surface area (Å²) in [4.78, 5) is 14.8. The van der Waals surface area contributed by atoms with E-state index >= 15 is 0 Å². The summed E-state index contributed by atoms with van der Waals surface area (Å²) in [6.07, 6.45) is 0. The average Bonchev–Trinajstić information content (AvgIpc) is 2.68. The number of aliphatic carboxylic acids is 1. The molecule has 0 bridgehead atoms. The van der Waals surface area contributed by atoms with Gasteiger partial charge in [-0.25, -0.2) is 9.67 Å². The van der Waals surface area contributed by atoms with E-state index in [0.29, 0.717) is 16.0 Å². The van der Waals surface area contributed by atoms with Crippen LogP contribution in [0.5, 0.6) is 0 Å². The number of aromatic nitrogens is 3. The van der Waals surface area contributed by atoms with Crippen LogP contribution in [0.15, 0.2) is 29.4 Å². The van der Waals surface area contributed by atoms with Crippen LogP contribution in [-0.4, -0.2) is 31.6 Å². The van der Waals surface area contributed by atoms with Gasteiger partial charge in [-0.3, -0.25) is 4.79 Å². The number of carboxylic acids is 1. The minimum atomic E-state index is -0.887. The lowest BCUT2D eigenvalue weighted by Gasteiger charge is -1.96. The Labute approximate surface area is 113 Å². The van der Waals surface area contributed by atoms with Gasteiger partial charge in [-0.15, -0.1) is 0 Å². The highest BCUT2D eigenvalue weighted by Gasteiger charge is 2.13. The third-order valence-electron chi connectivity index (χ3n) is 2.16. The van der Waals surface area contributed by atoms with E-state index in [1.54, 1.807) is 17.8 Å². The molecule has 0 saturated carbocycles. The standard InChI is InChI=1S/C11H10ClN3O2S/c1-15-11(18-6-9(16)17)13-10(14-15)7-4-2-3-5-8(7)12/h2-5H,6H2,1H3,(H,16,17). The second-order valence-electron chi connectivity index (χ2n) is 3.50. The van der Waals surface area contributed by atoms with Gasteiger partial charge in [0.15, 0.2) is 11.0 Å². The van der Waals surface area contributed by atoms with Gasteiger partial charge >= 0.3 is 5.97 Å². The van der Waals surface area contributed by atoms with Crippen molar-refractivity contribution in [3.63, 3.8) is 0 Å². The molecule has 1 heterocycles. The van der Waals surface area contributed by atoms with Crippen LogP contribution < -0.4 is 0 Å². The summed E-state index contributed by atoms with van der Waals surface area (Å²) in [5, 5.41) is 14.0. The molecule has 18 heavy (non-hydrogen) atoms. The monoisotopic (exact) mass is 283 g/mol. The number of hydrogen-bond donors (Lipinski definition) is 1. The predicted octanol–water partition coefficient (Wildman–Crippen LogP) is 2.31. The number of thioether (sulfide) groups is 1. The van der Waals surface area contributed by atoms with Gasteiger partial charge in [-0.2, -0.15) is 5.10 Å². The second kappa shape index (κ2) is 5.41. The fourth-order valence-corrected chi connectivity index (χ4v) is 2.23. The van der Waals surface area contributed by atoms with Gasteiger partial charge in [0.05, 0.1) is 10.8 Å². The maximum atomic E-state index is 10.5. The molecule has 94 valence electrons. The van der Waals surface area contributed by atoms with Gasteiger partial charge in [-0.05, 0) is 12.1 Å². The highest BCUT2D eigenvalue weighted by Crippen LogP contribution is 2.26. The molecule has 0 saturated heterocycles. The molecule has 0 radical (unpaired) electrons. The van der Waals surface area contributed by atoms with E-state index in [-0.39, 0.29) is 5.75 Å². The second-order valence-corrected chi connectivity index (χ2v) is 4.85.